The lowest BCUT2D eigenvalue weighted by Gasteiger charge is -2.16. The van der Waals surface area contributed by atoms with Crippen molar-refractivity contribution < 1.29 is 22.9 Å². The highest BCUT2D eigenvalue weighted by Crippen LogP contribution is 2.49. The first-order valence-corrected chi connectivity index (χ1v) is 6.90. The minimum atomic E-state index is -3.34. The van der Waals surface area contributed by atoms with Crippen LogP contribution in [-0.4, -0.2) is 26.4 Å². The normalized spacial score (nSPS) is 11.4. The van der Waals surface area contributed by atoms with Crippen LogP contribution in [0.2, 0.25) is 0 Å². The first-order chi connectivity index (χ1) is 7.68. The molecule has 0 rings (SSSR count). The maximum Gasteiger partial charge on any atom is 0.474 e. The number of phosphoric acid groups is 1. The van der Waals surface area contributed by atoms with Crippen LogP contribution in [0.3, 0.4) is 0 Å². The van der Waals surface area contributed by atoms with Crippen molar-refractivity contribution in [2.75, 3.05) is 26.4 Å². The molecule has 0 heterocycles. The second-order valence-corrected chi connectivity index (χ2v) is 4.53. The van der Waals surface area contributed by atoms with E-state index in [4.69, 9.17) is 18.3 Å². The Balaban J connectivity index is 3.67. The van der Waals surface area contributed by atoms with E-state index in [1.54, 1.807) is 13.8 Å². The standard InChI is InChI=1S/C10H21O5P/c1-4-12-9-7-8-10-15-16(11,13-5-2)14-6-3/h4H,1,5-10H2,2-3H3. The zero-order chi connectivity index (χ0) is 12.3. The molecule has 0 aromatic rings. The Morgan fingerprint density at radius 3 is 2.12 bits per heavy atom. The van der Waals surface area contributed by atoms with Crippen LogP contribution in [0.5, 0.6) is 0 Å². The monoisotopic (exact) mass is 252 g/mol. The average molecular weight is 252 g/mol. The molecule has 0 aliphatic heterocycles. The van der Waals surface area contributed by atoms with E-state index in [-0.39, 0.29) is 0 Å². The van der Waals surface area contributed by atoms with Crippen molar-refractivity contribution in [2.24, 2.45) is 0 Å². The topological polar surface area (TPSA) is 54.0 Å². The minimum absolute atomic E-state index is 0.302. The second-order valence-electron chi connectivity index (χ2n) is 2.86. The Morgan fingerprint density at radius 1 is 1.06 bits per heavy atom. The molecular weight excluding hydrogens is 231 g/mol. The van der Waals surface area contributed by atoms with E-state index in [0.29, 0.717) is 26.4 Å². The molecule has 0 amide bonds. The van der Waals surface area contributed by atoms with E-state index in [9.17, 15) is 4.57 Å². The minimum Gasteiger partial charge on any atom is -0.502 e. The van der Waals surface area contributed by atoms with Gasteiger partial charge in [0.1, 0.15) is 0 Å². The summed E-state index contributed by atoms with van der Waals surface area (Å²) >= 11 is 0. The van der Waals surface area contributed by atoms with Gasteiger partial charge >= 0.3 is 7.82 Å². The van der Waals surface area contributed by atoms with E-state index < -0.39 is 7.82 Å². The molecule has 16 heavy (non-hydrogen) atoms. The lowest BCUT2D eigenvalue weighted by atomic mass is 10.3. The van der Waals surface area contributed by atoms with Gasteiger partial charge in [-0.2, -0.15) is 0 Å². The van der Waals surface area contributed by atoms with Gasteiger partial charge in [0.25, 0.3) is 0 Å². The Labute approximate surface area is 97.3 Å². The predicted molar refractivity (Wildman–Crippen MR) is 62.2 cm³/mol. The molecule has 0 fully saturated rings. The van der Waals surface area contributed by atoms with Crippen LogP contribution in [0.1, 0.15) is 26.7 Å². The maximum atomic E-state index is 11.8. The SMILES string of the molecule is C=COCCCCOP(=O)(OCC)OCC. The van der Waals surface area contributed by atoms with Gasteiger partial charge in [-0.15, -0.1) is 0 Å². The Morgan fingerprint density at radius 2 is 1.62 bits per heavy atom. The molecule has 0 spiro atoms. The van der Waals surface area contributed by atoms with Crippen LogP contribution in [0.25, 0.3) is 0 Å². The fourth-order valence-electron chi connectivity index (χ4n) is 0.975. The molecular formula is C10H21O5P. The number of rotatable bonds is 11. The molecule has 0 atom stereocenters. The van der Waals surface area contributed by atoms with Crippen LogP contribution in [0.15, 0.2) is 12.8 Å². The highest BCUT2D eigenvalue weighted by atomic mass is 31.2. The molecule has 0 unspecified atom stereocenters. The van der Waals surface area contributed by atoms with Crippen molar-refractivity contribution in [3.63, 3.8) is 0 Å². The zero-order valence-corrected chi connectivity index (χ0v) is 10.9. The molecule has 0 aromatic carbocycles. The fraction of sp³-hybridized carbons (Fsp3) is 0.800. The molecule has 0 N–H and O–H groups in total. The van der Waals surface area contributed by atoms with E-state index in [2.05, 4.69) is 6.58 Å². The number of phosphoric ester groups is 1. The summed E-state index contributed by atoms with van der Waals surface area (Å²) < 4.78 is 31.8. The number of hydrogen-bond acceptors (Lipinski definition) is 5. The van der Waals surface area contributed by atoms with Crippen molar-refractivity contribution in [2.45, 2.75) is 26.7 Å². The lowest BCUT2D eigenvalue weighted by molar-refractivity contribution is 0.117. The number of ether oxygens (including phenoxy) is 1. The van der Waals surface area contributed by atoms with Gasteiger partial charge in [0.05, 0.1) is 32.7 Å². The first-order valence-electron chi connectivity index (χ1n) is 5.44. The third kappa shape index (κ3) is 7.88. The summed E-state index contributed by atoms with van der Waals surface area (Å²) in [7, 11) is -3.34. The van der Waals surface area contributed by atoms with Gasteiger partial charge in [-0.3, -0.25) is 13.6 Å². The van der Waals surface area contributed by atoms with E-state index in [1.807, 2.05) is 0 Å². The van der Waals surface area contributed by atoms with Gasteiger partial charge in [0.2, 0.25) is 0 Å². The second kappa shape index (κ2) is 9.85. The Hall–Kier alpha value is -0.350. The summed E-state index contributed by atoms with van der Waals surface area (Å²) in [6.45, 7) is 8.43. The molecule has 96 valence electrons. The summed E-state index contributed by atoms with van der Waals surface area (Å²) in [5.74, 6) is 0. The van der Waals surface area contributed by atoms with Crippen LogP contribution >= 0.6 is 7.82 Å². The Bertz CT molecular complexity index is 209. The third-order valence-electron chi connectivity index (χ3n) is 1.60. The van der Waals surface area contributed by atoms with Crippen molar-refractivity contribution in [3.05, 3.63) is 12.8 Å². The smallest absolute Gasteiger partial charge is 0.474 e. The van der Waals surface area contributed by atoms with Gasteiger partial charge in [0, 0.05) is 0 Å². The first kappa shape index (κ1) is 15.7. The van der Waals surface area contributed by atoms with Gasteiger partial charge in [-0.25, -0.2) is 4.57 Å². The fourth-order valence-corrected chi connectivity index (χ4v) is 2.18. The molecule has 5 nitrogen and oxygen atoms in total. The number of unbranched alkanes of at least 4 members (excludes halogenated alkanes) is 1. The van der Waals surface area contributed by atoms with Gasteiger partial charge in [-0.05, 0) is 26.7 Å². The highest BCUT2D eigenvalue weighted by molar-refractivity contribution is 7.48. The molecule has 0 radical (unpaired) electrons. The molecule has 0 aliphatic carbocycles. The summed E-state index contributed by atoms with van der Waals surface area (Å²) in [5, 5.41) is 0. The summed E-state index contributed by atoms with van der Waals surface area (Å²) in [5.41, 5.74) is 0. The summed E-state index contributed by atoms with van der Waals surface area (Å²) in [6, 6.07) is 0. The molecule has 0 saturated heterocycles. The maximum absolute atomic E-state index is 11.8. The molecule has 0 aliphatic rings. The van der Waals surface area contributed by atoms with Crippen molar-refractivity contribution in [1.29, 1.82) is 0 Å². The highest BCUT2D eigenvalue weighted by Gasteiger charge is 2.24. The molecule has 0 bridgehead atoms. The molecule has 0 aromatic heterocycles. The Kier molecular flexibility index (Phi) is 9.63. The van der Waals surface area contributed by atoms with E-state index in [1.165, 1.54) is 6.26 Å². The zero-order valence-electron chi connectivity index (χ0n) is 10.0. The van der Waals surface area contributed by atoms with Gasteiger partial charge in [0.15, 0.2) is 0 Å². The van der Waals surface area contributed by atoms with Gasteiger partial charge < -0.3 is 4.74 Å². The van der Waals surface area contributed by atoms with Crippen LogP contribution in [0.4, 0.5) is 0 Å². The quantitative estimate of drug-likeness (QED) is 0.321. The molecule has 0 saturated carbocycles. The van der Waals surface area contributed by atoms with Crippen LogP contribution in [0, 0.1) is 0 Å². The van der Waals surface area contributed by atoms with Crippen molar-refractivity contribution in [3.8, 4) is 0 Å². The van der Waals surface area contributed by atoms with Crippen LogP contribution in [-0.2, 0) is 22.9 Å². The van der Waals surface area contributed by atoms with E-state index in [0.717, 1.165) is 12.8 Å². The molecule has 6 heteroatoms. The predicted octanol–water partition coefficient (Wildman–Crippen LogP) is 3.12. The van der Waals surface area contributed by atoms with E-state index >= 15 is 0 Å². The third-order valence-corrected chi connectivity index (χ3v) is 3.25. The van der Waals surface area contributed by atoms with Crippen molar-refractivity contribution in [1.82, 2.24) is 0 Å². The van der Waals surface area contributed by atoms with Crippen LogP contribution < -0.4 is 0 Å². The number of hydrogen-bond donors (Lipinski definition) is 0. The largest absolute Gasteiger partial charge is 0.502 e. The lowest BCUT2D eigenvalue weighted by Crippen LogP contribution is -2.02. The average Bonchev–Trinajstić information content (AvgIpc) is 2.24. The summed E-state index contributed by atoms with van der Waals surface area (Å²) in [6.07, 6.45) is 2.94. The van der Waals surface area contributed by atoms with Gasteiger partial charge in [-0.1, -0.05) is 6.58 Å². The van der Waals surface area contributed by atoms with Crippen molar-refractivity contribution >= 4 is 7.82 Å². The summed E-state index contributed by atoms with van der Waals surface area (Å²) in [4.78, 5) is 0.